The molecule has 8 heteroatoms. The van der Waals surface area contributed by atoms with Gasteiger partial charge in [-0.15, -0.1) is 0 Å². The fourth-order valence-corrected chi connectivity index (χ4v) is 3.04. The van der Waals surface area contributed by atoms with E-state index in [1.54, 1.807) is 30.5 Å². The number of ether oxygens (including phenoxy) is 2. The first-order chi connectivity index (χ1) is 14.3. The van der Waals surface area contributed by atoms with Crippen LogP contribution in [0.1, 0.15) is 10.5 Å². The third-order valence-electron chi connectivity index (χ3n) is 4.40. The Morgan fingerprint density at radius 1 is 0.931 bits per heavy atom. The number of rotatable bonds is 4. The van der Waals surface area contributed by atoms with E-state index in [4.69, 9.17) is 9.47 Å². The zero-order valence-corrected chi connectivity index (χ0v) is 15.1. The maximum absolute atomic E-state index is 12.7. The molecule has 3 heterocycles. The molecule has 0 saturated heterocycles. The predicted molar refractivity (Wildman–Crippen MR) is 108 cm³/mol. The van der Waals surface area contributed by atoms with Gasteiger partial charge < -0.3 is 20.1 Å². The molecule has 2 aromatic carbocycles. The lowest BCUT2D eigenvalue weighted by Crippen LogP contribution is -2.15. The van der Waals surface area contributed by atoms with Gasteiger partial charge in [0.2, 0.25) is 12.7 Å². The highest BCUT2D eigenvalue weighted by Crippen LogP contribution is 2.34. The van der Waals surface area contributed by atoms with E-state index in [0.29, 0.717) is 23.1 Å². The van der Waals surface area contributed by atoms with E-state index in [0.717, 1.165) is 16.6 Å². The molecule has 0 aliphatic carbocycles. The lowest BCUT2D eigenvalue weighted by atomic mass is 10.2. The predicted octanol–water partition coefficient (Wildman–Crippen LogP) is 3.75. The molecule has 5 rings (SSSR count). The first-order valence-electron chi connectivity index (χ1n) is 8.91. The highest BCUT2D eigenvalue weighted by molar-refractivity contribution is 6.07. The quantitative estimate of drug-likeness (QED) is 0.552. The molecule has 0 fully saturated rings. The Morgan fingerprint density at radius 2 is 1.83 bits per heavy atom. The number of carbonyl (C=O) groups excluding carboxylic acids is 1. The van der Waals surface area contributed by atoms with Crippen LogP contribution in [0.5, 0.6) is 11.5 Å². The summed E-state index contributed by atoms with van der Waals surface area (Å²) in [5, 5.41) is 6.89. The SMILES string of the molecule is O=C(Nc1cccc2cccnc12)c1ccnc(Nc2ccc3c(c2)OCO3)n1. The van der Waals surface area contributed by atoms with E-state index in [9.17, 15) is 4.79 Å². The summed E-state index contributed by atoms with van der Waals surface area (Å²) in [7, 11) is 0. The summed E-state index contributed by atoms with van der Waals surface area (Å²) in [5.74, 6) is 1.28. The molecular formula is C21H15N5O3. The van der Waals surface area contributed by atoms with E-state index < -0.39 is 0 Å². The van der Waals surface area contributed by atoms with Crippen LogP contribution in [0.3, 0.4) is 0 Å². The molecular weight excluding hydrogens is 370 g/mol. The van der Waals surface area contributed by atoms with Crippen molar-refractivity contribution >= 4 is 34.1 Å². The van der Waals surface area contributed by atoms with Crippen LogP contribution in [0.4, 0.5) is 17.3 Å². The normalized spacial score (nSPS) is 12.0. The molecule has 1 amide bonds. The number of benzene rings is 2. The fraction of sp³-hybridized carbons (Fsp3) is 0.0476. The molecule has 2 aromatic heterocycles. The Labute approximate surface area is 165 Å². The van der Waals surface area contributed by atoms with Crippen molar-refractivity contribution in [1.82, 2.24) is 15.0 Å². The van der Waals surface area contributed by atoms with Crippen molar-refractivity contribution in [2.75, 3.05) is 17.4 Å². The molecule has 29 heavy (non-hydrogen) atoms. The average molecular weight is 385 g/mol. The summed E-state index contributed by atoms with van der Waals surface area (Å²) in [5.41, 5.74) is 2.30. The third-order valence-corrected chi connectivity index (χ3v) is 4.40. The number of anilines is 3. The molecule has 8 nitrogen and oxygen atoms in total. The minimum absolute atomic E-state index is 0.202. The third kappa shape index (κ3) is 3.39. The molecule has 0 saturated carbocycles. The summed E-state index contributed by atoms with van der Waals surface area (Å²) >= 11 is 0. The summed E-state index contributed by atoms with van der Waals surface area (Å²) in [6, 6.07) is 16.4. The second kappa shape index (κ2) is 7.08. The van der Waals surface area contributed by atoms with Crippen molar-refractivity contribution < 1.29 is 14.3 Å². The molecule has 0 bridgehead atoms. The number of carbonyl (C=O) groups is 1. The van der Waals surface area contributed by atoms with Crippen LogP contribution in [-0.4, -0.2) is 27.7 Å². The van der Waals surface area contributed by atoms with Gasteiger partial charge >= 0.3 is 0 Å². The van der Waals surface area contributed by atoms with Crippen LogP contribution in [0, 0.1) is 0 Å². The molecule has 142 valence electrons. The number of para-hydroxylation sites is 1. The molecule has 4 aromatic rings. The van der Waals surface area contributed by atoms with Crippen LogP contribution in [0.2, 0.25) is 0 Å². The summed E-state index contributed by atoms with van der Waals surface area (Å²) in [6.45, 7) is 0.202. The van der Waals surface area contributed by atoms with Gasteiger partial charge in [0, 0.05) is 29.5 Å². The van der Waals surface area contributed by atoms with Crippen molar-refractivity contribution in [1.29, 1.82) is 0 Å². The van der Waals surface area contributed by atoms with Gasteiger partial charge in [-0.1, -0.05) is 18.2 Å². The highest BCUT2D eigenvalue weighted by atomic mass is 16.7. The van der Waals surface area contributed by atoms with Crippen molar-refractivity contribution in [3.63, 3.8) is 0 Å². The molecule has 1 aliphatic rings. The Morgan fingerprint density at radius 3 is 2.79 bits per heavy atom. The largest absolute Gasteiger partial charge is 0.454 e. The number of pyridine rings is 1. The number of amides is 1. The molecule has 1 aliphatic heterocycles. The van der Waals surface area contributed by atoms with Gasteiger partial charge in [0.25, 0.3) is 5.91 Å². The maximum atomic E-state index is 12.7. The van der Waals surface area contributed by atoms with Crippen LogP contribution in [-0.2, 0) is 0 Å². The zero-order chi connectivity index (χ0) is 19.6. The fourth-order valence-electron chi connectivity index (χ4n) is 3.04. The Hall–Kier alpha value is -4.20. The Balaban J connectivity index is 1.37. The van der Waals surface area contributed by atoms with Gasteiger partial charge in [0.05, 0.1) is 11.2 Å². The monoisotopic (exact) mass is 385 g/mol. The topological polar surface area (TPSA) is 98.3 Å². The van der Waals surface area contributed by atoms with Crippen molar-refractivity contribution in [3.05, 3.63) is 72.7 Å². The smallest absolute Gasteiger partial charge is 0.274 e. The summed E-state index contributed by atoms with van der Waals surface area (Å²) < 4.78 is 10.7. The highest BCUT2D eigenvalue weighted by Gasteiger charge is 2.15. The number of aromatic nitrogens is 3. The van der Waals surface area contributed by atoms with Crippen LogP contribution < -0.4 is 20.1 Å². The molecule has 2 N–H and O–H groups in total. The summed E-state index contributed by atoms with van der Waals surface area (Å²) in [4.78, 5) is 25.6. The van der Waals surface area contributed by atoms with E-state index in [-0.39, 0.29) is 18.4 Å². The van der Waals surface area contributed by atoms with E-state index >= 15 is 0 Å². The summed E-state index contributed by atoms with van der Waals surface area (Å²) in [6.07, 6.45) is 3.22. The number of nitrogens with one attached hydrogen (secondary N) is 2. The lowest BCUT2D eigenvalue weighted by molar-refractivity contribution is 0.102. The molecule has 0 atom stereocenters. The second-order valence-electron chi connectivity index (χ2n) is 6.29. The van der Waals surface area contributed by atoms with Crippen LogP contribution in [0.25, 0.3) is 10.9 Å². The number of fused-ring (bicyclic) bond motifs is 2. The Bertz CT molecular complexity index is 1220. The first-order valence-corrected chi connectivity index (χ1v) is 8.91. The van der Waals surface area contributed by atoms with E-state index in [1.165, 1.54) is 6.20 Å². The molecule has 0 spiro atoms. The molecule has 0 radical (unpaired) electrons. The second-order valence-corrected chi connectivity index (χ2v) is 6.29. The van der Waals surface area contributed by atoms with E-state index in [2.05, 4.69) is 25.6 Å². The minimum atomic E-state index is -0.348. The van der Waals surface area contributed by atoms with Gasteiger partial charge in [0.1, 0.15) is 5.69 Å². The molecule has 0 unspecified atom stereocenters. The van der Waals surface area contributed by atoms with Gasteiger partial charge in [-0.3, -0.25) is 9.78 Å². The average Bonchev–Trinajstić information content (AvgIpc) is 3.22. The van der Waals surface area contributed by atoms with Gasteiger partial charge in [-0.25, -0.2) is 9.97 Å². The first kappa shape index (κ1) is 16.9. The van der Waals surface area contributed by atoms with Crippen LogP contribution in [0.15, 0.2) is 67.0 Å². The number of hydrogen-bond acceptors (Lipinski definition) is 7. The lowest BCUT2D eigenvalue weighted by Gasteiger charge is -2.09. The Kier molecular flexibility index (Phi) is 4.14. The van der Waals surface area contributed by atoms with Gasteiger partial charge in [-0.05, 0) is 30.3 Å². The maximum Gasteiger partial charge on any atom is 0.274 e. The van der Waals surface area contributed by atoms with E-state index in [1.807, 2.05) is 30.3 Å². The van der Waals surface area contributed by atoms with Gasteiger partial charge in [0.15, 0.2) is 11.5 Å². The zero-order valence-electron chi connectivity index (χ0n) is 15.1. The van der Waals surface area contributed by atoms with Crippen molar-refractivity contribution in [3.8, 4) is 11.5 Å². The van der Waals surface area contributed by atoms with Gasteiger partial charge in [-0.2, -0.15) is 0 Å². The minimum Gasteiger partial charge on any atom is -0.454 e. The number of nitrogens with zero attached hydrogens (tertiary/aromatic N) is 3. The van der Waals surface area contributed by atoms with Crippen molar-refractivity contribution in [2.45, 2.75) is 0 Å². The standard InChI is InChI=1S/C21H15N5O3/c27-20(25-15-5-1-3-13-4-2-9-22-19(13)15)16-8-10-23-21(26-16)24-14-6-7-17-18(11-14)29-12-28-17/h1-11H,12H2,(H,25,27)(H,23,24,26). The number of hydrogen-bond donors (Lipinski definition) is 2. The van der Waals surface area contributed by atoms with Crippen LogP contribution >= 0.6 is 0 Å². The van der Waals surface area contributed by atoms with Crippen molar-refractivity contribution in [2.24, 2.45) is 0 Å².